The number of nitrogens with two attached hydrogens (primary N) is 1. The van der Waals surface area contributed by atoms with Gasteiger partial charge in [-0.25, -0.2) is 4.98 Å². The summed E-state index contributed by atoms with van der Waals surface area (Å²) in [6.07, 6.45) is 2.06. The fourth-order valence-corrected chi connectivity index (χ4v) is 3.15. The van der Waals surface area contributed by atoms with E-state index in [0.717, 1.165) is 24.5 Å². The van der Waals surface area contributed by atoms with Crippen LogP contribution in [0, 0.1) is 6.92 Å². The number of halogens is 2. The lowest BCUT2D eigenvalue weighted by Crippen LogP contribution is -2.49. The van der Waals surface area contributed by atoms with E-state index in [-0.39, 0.29) is 43.0 Å². The number of carbonyl (C=O) groups excluding carboxylic acids is 2. The molecule has 1 aliphatic rings. The molecule has 1 aromatic carbocycles. The molecule has 0 saturated carbocycles. The van der Waals surface area contributed by atoms with Gasteiger partial charge in [0.05, 0.1) is 0 Å². The van der Waals surface area contributed by atoms with Crippen LogP contribution in [0.15, 0.2) is 42.6 Å². The lowest BCUT2D eigenvalue weighted by molar-refractivity contribution is -0.131. The van der Waals surface area contributed by atoms with Gasteiger partial charge in [-0.15, -0.1) is 24.8 Å². The molecule has 0 bridgehead atoms. The van der Waals surface area contributed by atoms with Crippen molar-refractivity contribution in [2.75, 3.05) is 43.4 Å². The number of nitrogens with one attached hydrogen (secondary N) is 1. The monoisotopic (exact) mass is 439 g/mol. The molecule has 158 valence electrons. The highest BCUT2D eigenvalue weighted by Crippen LogP contribution is 2.14. The third kappa shape index (κ3) is 6.51. The Hall–Kier alpha value is -2.51. The van der Waals surface area contributed by atoms with Crippen molar-refractivity contribution in [3.8, 4) is 0 Å². The minimum atomic E-state index is -0.201. The van der Waals surface area contributed by atoms with Crippen LogP contribution in [0.3, 0.4) is 0 Å². The lowest BCUT2D eigenvalue weighted by Gasteiger charge is -2.35. The maximum atomic E-state index is 12.4. The fourth-order valence-electron chi connectivity index (χ4n) is 3.15. The van der Waals surface area contributed by atoms with Crippen molar-refractivity contribution in [1.29, 1.82) is 0 Å². The number of hydrogen-bond donors (Lipinski definition) is 2. The number of amides is 2. The lowest BCUT2D eigenvalue weighted by atomic mass is 10.1. The van der Waals surface area contributed by atoms with Crippen LogP contribution in [-0.2, 0) is 4.79 Å². The summed E-state index contributed by atoms with van der Waals surface area (Å²) in [6, 6.07) is 11.1. The van der Waals surface area contributed by atoms with Gasteiger partial charge in [0.1, 0.15) is 5.82 Å². The van der Waals surface area contributed by atoms with Gasteiger partial charge in [0.25, 0.3) is 5.91 Å². The summed E-state index contributed by atoms with van der Waals surface area (Å²) in [5.41, 5.74) is 7.70. The second kappa shape index (κ2) is 11.5. The Morgan fingerprint density at radius 2 is 1.83 bits per heavy atom. The van der Waals surface area contributed by atoms with Crippen molar-refractivity contribution in [2.24, 2.45) is 0 Å². The van der Waals surface area contributed by atoms with Crippen LogP contribution in [0.25, 0.3) is 0 Å². The van der Waals surface area contributed by atoms with E-state index in [1.807, 2.05) is 36.1 Å². The molecule has 1 saturated heterocycles. The molecular weight excluding hydrogens is 413 g/mol. The molecule has 9 heteroatoms. The van der Waals surface area contributed by atoms with E-state index in [1.165, 1.54) is 0 Å². The van der Waals surface area contributed by atoms with Crippen LogP contribution in [0.4, 0.5) is 11.5 Å². The molecule has 3 N–H and O–H groups in total. The number of nitrogens with zero attached hydrogens (tertiary/aromatic N) is 3. The Labute approximate surface area is 183 Å². The van der Waals surface area contributed by atoms with E-state index in [1.54, 1.807) is 18.3 Å². The molecule has 2 heterocycles. The first-order valence-electron chi connectivity index (χ1n) is 9.12. The summed E-state index contributed by atoms with van der Waals surface area (Å²) < 4.78 is 0. The molecule has 7 nitrogen and oxygen atoms in total. The molecule has 3 rings (SSSR count). The Morgan fingerprint density at radius 1 is 1.10 bits per heavy atom. The van der Waals surface area contributed by atoms with E-state index in [0.29, 0.717) is 30.9 Å². The second-order valence-corrected chi connectivity index (χ2v) is 6.64. The third-order valence-electron chi connectivity index (χ3n) is 4.74. The summed E-state index contributed by atoms with van der Waals surface area (Å²) >= 11 is 0. The highest BCUT2D eigenvalue weighted by molar-refractivity contribution is 5.96. The van der Waals surface area contributed by atoms with Crippen LogP contribution in [0.2, 0.25) is 0 Å². The summed E-state index contributed by atoms with van der Waals surface area (Å²) in [6.45, 7) is 5.03. The van der Waals surface area contributed by atoms with Gasteiger partial charge in [0, 0.05) is 56.6 Å². The van der Waals surface area contributed by atoms with Crippen LogP contribution < -0.4 is 16.0 Å². The maximum absolute atomic E-state index is 12.4. The molecule has 1 fully saturated rings. The van der Waals surface area contributed by atoms with Gasteiger partial charge in [0.2, 0.25) is 5.91 Å². The average Bonchev–Trinajstić information content (AvgIpc) is 2.70. The molecule has 1 aromatic heterocycles. The topological polar surface area (TPSA) is 91.6 Å². The number of hydrogen-bond acceptors (Lipinski definition) is 5. The summed E-state index contributed by atoms with van der Waals surface area (Å²) in [4.78, 5) is 33.0. The summed E-state index contributed by atoms with van der Waals surface area (Å²) in [5, 5.41) is 2.81. The first-order valence-corrected chi connectivity index (χ1v) is 9.12. The smallest absolute Gasteiger partial charge is 0.251 e. The summed E-state index contributed by atoms with van der Waals surface area (Å²) in [7, 11) is 0. The van der Waals surface area contributed by atoms with Crippen molar-refractivity contribution >= 4 is 48.1 Å². The molecule has 1 aliphatic heterocycles. The standard InChI is InChI=1S/C20H25N5O2.2ClH/c1-15-5-6-16(21)14-17(15)20(27)23-9-7-19(26)25-12-10-24(11-13-25)18-4-2-3-8-22-18;;/h2-6,8,14H,7,9-13,21H2,1H3,(H,23,27);2*1H. The van der Waals surface area contributed by atoms with E-state index in [2.05, 4.69) is 15.2 Å². The number of piperazine rings is 1. The predicted molar refractivity (Wildman–Crippen MR) is 120 cm³/mol. The van der Waals surface area contributed by atoms with Gasteiger partial charge in [0.15, 0.2) is 0 Å². The highest BCUT2D eigenvalue weighted by Gasteiger charge is 2.21. The number of aryl methyl sites for hydroxylation is 1. The molecule has 0 atom stereocenters. The third-order valence-corrected chi connectivity index (χ3v) is 4.74. The zero-order valence-electron chi connectivity index (χ0n) is 16.3. The quantitative estimate of drug-likeness (QED) is 0.697. The number of anilines is 2. The molecule has 0 aliphatic carbocycles. The van der Waals surface area contributed by atoms with Crippen molar-refractivity contribution in [1.82, 2.24) is 15.2 Å². The largest absolute Gasteiger partial charge is 0.399 e. The Morgan fingerprint density at radius 3 is 2.48 bits per heavy atom. The van der Waals surface area contributed by atoms with Crippen LogP contribution in [0.5, 0.6) is 0 Å². The molecular formula is C20H27Cl2N5O2. The van der Waals surface area contributed by atoms with Gasteiger partial charge in [-0.2, -0.15) is 0 Å². The average molecular weight is 440 g/mol. The Balaban J connectivity index is 0.00000210. The Kier molecular flexibility index (Phi) is 9.71. The number of carbonyl (C=O) groups is 2. The molecule has 0 unspecified atom stereocenters. The zero-order chi connectivity index (χ0) is 19.2. The number of rotatable bonds is 5. The van der Waals surface area contributed by atoms with Gasteiger partial charge in [-0.3, -0.25) is 9.59 Å². The van der Waals surface area contributed by atoms with Gasteiger partial charge < -0.3 is 20.9 Å². The predicted octanol–water partition coefficient (Wildman–Crippen LogP) is 2.28. The minimum Gasteiger partial charge on any atom is -0.399 e. The molecule has 2 aromatic rings. The van der Waals surface area contributed by atoms with E-state index in [9.17, 15) is 9.59 Å². The molecule has 0 radical (unpaired) electrons. The Bertz CT molecular complexity index is 812. The van der Waals surface area contributed by atoms with Crippen LogP contribution >= 0.6 is 24.8 Å². The van der Waals surface area contributed by atoms with Gasteiger partial charge >= 0.3 is 0 Å². The van der Waals surface area contributed by atoms with E-state index >= 15 is 0 Å². The van der Waals surface area contributed by atoms with E-state index < -0.39 is 0 Å². The summed E-state index contributed by atoms with van der Waals surface area (Å²) in [5.74, 6) is 0.794. The number of benzene rings is 1. The number of nitrogen functional groups attached to an aromatic ring is 1. The normalized spacial score (nSPS) is 13.1. The van der Waals surface area contributed by atoms with Crippen LogP contribution in [-0.4, -0.2) is 54.4 Å². The number of pyridine rings is 1. The highest BCUT2D eigenvalue weighted by atomic mass is 35.5. The van der Waals surface area contributed by atoms with Crippen molar-refractivity contribution < 1.29 is 9.59 Å². The van der Waals surface area contributed by atoms with Gasteiger partial charge in [-0.05, 0) is 36.8 Å². The zero-order valence-corrected chi connectivity index (χ0v) is 18.0. The fraction of sp³-hybridized carbons (Fsp3) is 0.350. The van der Waals surface area contributed by atoms with Crippen LogP contribution in [0.1, 0.15) is 22.3 Å². The minimum absolute atomic E-state index is 0. The van der Waals surface area contributed by atoms with E-state index in [4.69, 9.17) is 5.73 Å². The SMILES string of the molecule is Cc1ccc(N)cc1C(=O)NCCC(=O)N1CCN(c2ccccn2)CC1.Cl.Cl. The van der Waals surface area contributed by atoms with Crippen molar-refractivity contribution in [3.63, 3.8) is 0 Å². The second-order valence-electron chi connectivity index (χ2n) is 6.64. The van der Waals surface area contributed by atoms with Crippen molar-refractivity contribution in [3.05, 3.63) is 53.7 Å². The molecule has 29 heavy (non-hydrogen) atoms. The number of aromatic nitrogens is 1. The molecule has 2 amide bonds. The first kappa shape index (κ1) is 24.5. The molecule has 0 spiro atoms. The first-order chi connectivity index (χ1) is 13.0. The maximum Gasteiger partial charge on any atom is 0.251 e. The van der Waals surface area contributed by atoms with Gasteiger partial charge in [-0.1, -0.05) is 12.1 Å². The van der Waals surface area contributed by atoms with Crippen molar-refractivity contribution in [2.45, 2.75) is 13.3 Å².